The van der Waals surface area contributed by atoms with Crippen LogP contribution in [0.4, 0.5) is 0 Å². The third-order valence-corrected chi connectivity index (χ3v) is 6.31. The summed E-state index contributed by atoms with van der Waals surface area (Å²) in [6.07, 6.45) is 0. The van der Waals surface area contributed by atoms with Crippen molar-refractivity contribution in [3.8, 4) is 5.75 Å². The first-order valence-electron chi connectivity index (χ1n) is 11.7. The molecule has 1 heteroatoms. The number of phenols is 1. The Balaban J connectivity index is 2.81. The smallest absolute Gasteiger partial charge is 0.123 e. The van der Waals surface area contributed by atoms with E-state index in [0.717, 1.165) is 16.7 Å². The number of hydrogen-bond donors (Lipinski definition) is 1. The Labute approximate surface area is 192 Å². The Morgan fingerprint density at radius 2 is 1.13 bits per heavy atom. The fourth-order valence-corrected chi connectivity index (χ4v) is 3.82. The lowest BCUT2D eigenvalue weighted by molar-refractivity contribution is 0.436. The summed E-state index contributed by atoms with van der Waals surface area (Å²) in [6, 6.07) is 12.7. The lowest BCUT2D eigenvalue weighted by Crippen LogP contribution is -2.19. The van der Waals surface area contributed by atoms with E-state index in [0.29, 0.717) is 5.75 Å². The van der Waals surface area contributed by atoms with Crippen molar-refractivity contribution in [2.24, 2.45) is 0 Å². The zero-order valence-corrected chi connectivity index (χ0v) is 22.3. The second kappa shape index (κ2) is 7.98. The molecule has 1 atom stereocenters. The van der Waals surface area contributed by atoms with Crippen molar-refractivity contribution in [3.05, 3.63) is 63.7 Å². The first kappa shape index (κ1) is 25.5. The van der Waals surface area contributed by atoms with Crippen LogP contribution in [0.1, 0.15) is 129 Å². The summed E-state index contributed by atoms with van der Waals surface area (Å²) in [4.78, 5) is 0. The molecule has 0 heterocycles. The van der Waals surface area contributed by atoms with Gasteiger partial charge in [-0.3, -0.25) is 0 Å². The molecular formula is C30H45O. The van der Waals surface area contributed by atoms with Crippen molar-refractivity contribution in [2.75, 3.05) is 0 Å². The first-order valence-corrected chi connectivity index (χ1v) is 11.7. The van der Waals surface area contributed by atoms with Crippen LogP contribution < -0.4 is 0 Å². The summed E-state index contributed by atoms with van der Waals surface area (Å²) in [5, 5.41) is 11.4. The molecule has 0 aliphatic carbocycles. The highest BCUT2D eigenvalue weighted by Gasteiger charge is 2.28. The highest BCUT2D eigenvalue weighted by atomic mass is 16.3. The van der Waals surface area contributed by atoms with E-state index < -0.39 is 0 Å². The summed E-state index contributed by atoms with van der Waals surface area (Å²) < 4.78 is 0. The number of rotatable bonds is 2. The Hall–Kier alpha value is -1.76. The van der Waals surface area contributed by atoms with Gasteiger partial charge in [-0.1, -0.05) is 114 Å². The molecule has 1 N–H and O–H groups in total. The fraction of sp³-hybridized carbons (Fsp3) is 0.600. The Morgan fingerprint density at radius 1 is 0.645 bits per heavy atom. The number of benzene rings is 2. The molecule has 0 fully saturated rings. The van der Waals surface area contributed by atoms with E-state index in [9.17, 15) is 5.11 Å². The number of phenolic OH excluding ortho intramolecular Hbond substituents is 1. The molecule has 1 nitrogen and oxygen atoms in total. The van der Waals surface area contributed by atoms with E-state index in [1.165, 1.54) is 16.7 Å². The van der Waals surface area contributed by atoms with Crippen molar-refractivity contribution in [2.45, 2.75) is 118 Å². The molecule has 0 saturated heterocycles. The second-order valence-corrected chi connectivity index (χ2v) is 13.4. The molecule has 2 aromatic rings. The zero-order chi connectivity index (χ0) is 24.2. The van der Waals surface area contributed by atoms with Gasteiger partial charge in [0.05, 0.1) is 0 Å². The largest absolute Gasteiger partial charge is 0.507 e. The molecule has 0 aliphatic rings. The highest BCUT2D eigenvalue weighted by molar-refractivity contribution is 5.53. The van der Waals surface area contributed by atoms with Crippen molar-refractivity contribution < 1.29 is 5.11 Å². The zero-order valence-electron chi connectivity index (χ0n) is 22.3. The molecule has 0 bridgehead atoms. The van der Waals surface area contributed by atoms with Crippen LogP contribution in [0.25, 0.3) is 0 Å². The lowest BCUT2D eigenvalue weighted by Gasteiger charge is -2.30. The van der Waals surface area contributed by atoms with E-state index in [2.05, 4.69) is 120 Å². The molecular weight excluding hydrogens is 376 g/mol. The predicted molar refractivity (Wildman–Crippen MR) is 136 cm³/mol. The molecule has 0 amide bonds. The van der Waals surface area contributed by atoms with Crippen molar-refractivity contribution in [3.63, 3.8) is 0 Å². The molecule has 1 unspecified atom stereocenters. The summed E-state index contributed by atoms with van der Waals surface area (Å²) in [5.41, 5.74) is 6.92. The van der Waals surface area contributed by atoms with Gasteiger partial charge in [-0.05, 0) is 55.5 Å². The quantitative estimate of drug-likeness (QED) is 0.515. The van der Waals surface area contributed by atoms with Crippen LogP contribution in [-0.4, -0.2) is 5.11 Å². The maximum Gasteiger partial charge on any atom is 0.123 e. The predicted octanol–water partition coefficient (Wildman–Crippen LogP) is 8.53. The van der Waals surface area contributed by atoms with E-state index in [1.807, 2.05) is 0 Å². The van der Waals surface area contributed by atoms with Crippen LogP contribution in [0.5, 0.6) is 5.75 Å². The maximum absolute atomic E-state index is 11.4. The third-order valence-electron chi connectivity index (χ3n) is 6.31. The van der Waals surface area contributed by atoms with E-state index in [1.54, 1.807) is 0 Å². The molecule has 2 rings (SSSR count). The van der Waals surface area contributed by atoms with Crippen molar-refractivity contribution in [1.29, 1.82) is 0 Å². The van der Waals surface area contributed by atoms with Crippen LogP contribution in [-0.2, 0) is 21.7 Å². The summed E-state index contributed by atoms with van der Waals surface area (Å²) in [6.45, 7) is 29.0. The average Bonchev–Trinajstić information content (AvgIpc) is 2.57. The Bertz CT molecular complexity index is 902. The van der Waals surface area contributed by atoms with E-state index >= 15 is 0 Å². The normalized spacial score (nSPS) is 14.6. The van der Waals surface area contributed by atoms with Gasteiger partial charge in [-0.25, -0.2) is 0 Å². The third kappa shape index (κ3) is 5.73. The minimum Gasteiger partial charge on any atom is -0.507 e. The average molecular weight is 422 g/mol. The molecule has 2 aromatic carbocycles. The van der Waals surface area contributed by atoms with Gasteiger partial charge in [-0.2, -0.15) is 0 Å². The Kier molecular flexibility index (Phi) is 6.57. The molecule has 0 aromatic heterocycles. The molecule has 1 radical (unpaired) electrons. The SMILES string of the molecule is CC(c1[c]c(C(C)(C)C)cc(C(C)(C)C)c1)c1cc(C(C)(C)C)cc(C(C)(C)C)c1O. The van der Waals surface area contributed by atoms with Crippen LogP contribution in [0.3, 0.4) is 0 Å². The van der Waals surface area contributed by atoms with Gasteiger partial charge >= 0.3 is 0 Å². The molecule has 171 valence electrons. The fourth-order valence-electron chi connectivity index (χ4n) is 3.82. The van der Waals surface area contributed by atoms with Crippen LogP contribution in [0.2, 0.25) is 0 Å². The van der Waals surface area contributed by atoms with Gasteiger partial charge in [0.2, 0.25) is 0 Å². The summed E-state index contributed by atoms with van der Waals surface area (Å²) in [7, 11) is 0. The van der Waals surface area contributed by atoms with Crippen molar-refractivity contribution >= 4 is 0 Å². The van der Waals surface area contributed by atoms with Gasteiger partial charge < -0.3 is 5.11 Å². The minimum absolute atomic E-state index is 0.00964. The van der Waals surface area contributed by atoms with E-state index in [-0.39, 0.29) is 27.6 Å². The van der Waals surface area contributed by atoms with Crippen LogP contribution >= 0.6 is 0 Å². The molecule has 0 saturated carbocycles. The monoisotopic (exact) mass is 421 g/mol. The van der Waals surface area contributed by atoms with Crippen LogP contribution in [0.15, 0.2) is 24.3 Å². The lowest BCUT2D eigenvalue weighted by atomic mass is 9.75. The van der Waals surface area contributed by atoms with Gasteiger partial charge in [-0.15, -0.1) is 0 Å². The maximum atomic E-state index is 11.4. The molecule has 31 heavy (non-hydrogen) atoms. The minimum atomic E-state index is -0.132. The van der Waals surface area contributed by atoms with Gasteiger partial charge in [0, 0.05) is 11.5 Å². The second-order valence-electron chi connectivity index (χ2n) is 13.4. The highest BCUT2D eigenvalue weighted by Crippen LogP contribution is 2.43. The topological polar surface area (TPSA) is 20.2 Å². The van der Waals surface area contributed by atoms with Gasteiger partial charge in [0.1, 0.15) is 5.75 Å². The summed E-state index contributed by atoms with van der Waals surface area (Å²) in [5.74, 6) is 0.478. The number of hydrogen-bond acceptors (Lipinski definition) is 1. The van der Waals surface area contributed by atoms with Gasteiger partial charge in [0.15, 0.2) is 0 Å². The Morgan fingerprint density at radius 3 is 1.55 bits per heavy atom. The van der Waals surface area contributed by atoms with Crippen molar-refractivity contribution in [1.82, 2.24) is 0 Å². The summed E-state index contributed by atoms with van der Waals surface area (Å²) >= 11 is 0. The number of aromatic hydroxyl groups is 1. The van der Waals surface area contributed by atoms with Crippen LogP contribution in [0, 0.1) is 6.07 Å². The standard InChI is InChI=1S/C30H45O/c1-19(20-14-21(27(2,3)4)16-22(15-20)28(5,6)7)24-17-23(29(8,9)10)18-25(26(24)31)30(11,12)13/h14,16-19,31H,1-13H3. The van der Waals surface area contributed by atoms with Gasteiger partial charge in [0.25, 0.3) is 0 Å². The van der Waals surface area contributed by atoms with E-state index in [4.69, 9.17) is 0 Å². The molecule has 0 aliphatic heterocycles. The molecule has 0 spiro atoms. The first-order chi connectivity index (χ1) is 13.7.